The number of unbranched alkanes of at least 4 members (excludes halogenated alkanes) is 7. The third-order valence-electron chi connectivity index (χ3n) is 5.33. The molecule has 0 heterocycles. The molecule has 0 aromatic rings. The van der Waals surface area contributed by atoms with Crippen molar-refractivity contribution in [1.29, 1.82) is 0 Å². The quantitative estimate of drug-likeness (QED) is 0.392. The normalized spacial score (nSPS) is 22.6. The molecule has 126 valence electrons. The van der Waals surface area contributed by atoms with Crippen LogP contribution in [-0.4, -0.2) is 13.1 Å². The molecule has 0 aliphatic heterocycles. The van der Waals surface area contributed by atoms with Crippen LogP contribution in [0.4, 0.5) is 0 Å². The van der Waals surface area contributed by atoms with Gasteiger partial charge in [0.2, 0.25) is 0 Å². The van der Waals surface area contributed by atoms with Crippen molar-refractivity contribution in [2.24, 2.45) is 11.8 Å². The summed E-state index contributed by atoms with van der Waals surface area (Å²) in [6.45, 7) is 7.07. The zero-order valence-corrected chi connectivity index (χ0v) is 15.0. The van der Waals surface area contributed by atoms with E-state index in [9.17, 15) is 0 Å². The molecule has 1 saturated carbocycles. The van der Waals surface area contributed by atoms with E-state index in [0.717, 1.165) is 11.8 Å². The summed E-state index contributed by atoms with van der Waals surface area (Å²) >= 11 is 0. The molecule has 1 fully saturated rings. The number of hydrogen-bond acceptors (Lipinski definition) is 1. The first-order valence-electron chi connectivity index (χ1n) is 10.1. The molecule has 0 aromatic carbocycles. The van der Waals surface area contributed by atoms with Crippen molar-refractivity contribution in [2.75, 3.05) is 13.1 Å². The van der Waals surface area contributed by atoms with Crippen molar-refractivity contribution >= 4 is 0 Å². The van der Waals surface area contributed by atoms with Gasteiger partial charge in [-0.15, -0.1) is 0 Å². The highest BCUT2D eigenvalue weighted by Gasteiger charge is 2.23. The van der Waals surface area contributed by atoms with Gasteiger partial charge in [0.05, 0.1) is 0 Å². The lowest BCUT2D eigenvalue weighted by molar-refractivity contribution is 0.213. The summed E-state index contributed by atoms with van der Waals surface area (Å²) in [5, 5.41) is 3.67. The average Bonchev–Trinajstić information content (AvgIpc) is 2.51. The third-order valence-corrected chi connectivity index (χ3v) is 5.33. The molecule has 0 spiro atoms. The van der Waals surface area contributed by atoms with Gasteiger partial charge >= 0.3 is 0 Å². The summed E-state index contributed by atoms with van der Waals surface area (Å²) in [5.41, 5.74) is 0. The van der Waals surface area contributed by atoms with E-state index in [1.165, 1.54) is 103 Å². The number of hydrogen-bond donors (Lipinski definition) is 1. The minimum atomic E-state index is 0.981. The van der Waals surface area contributed by atoms with E-state index in [4.69, 9.17) is 0 Å². The summed E-state index contributed by atoms with van der Waals surface area (Å²) in [5.74, 6) is 2.01. The average molecular weight is 296 g/mol. The van der Waals surface area contributed by atoms with E-state index in [-0.39, 0.29) is 0 Å². The van der Waals surface area contributed by atoms with E-state index >= 15 is 0 Å². The molecule has 0 amide bonds. The molecule has 1 heteroatoms. The SMILES string of the molecule is CCCCCCCCCCC1CCCCC1CNCCC. The van der Waals surface area contributed by atoms with Gasteiger partial charge in [0, 0.05) is 0 Å². The van der Waals surface area contributed by atoms with Crippen LogP contribution in [0.15, 0.2) is 0 Å². The molecule has 1 aliphatic carbocycles. The largest absolute Gasteiger partial charge is 0.316 e. The second-order valence-electron chi connectivity index (χ2n) is 7.27. The van der Waals surface area contributed by atoms with Gasteiger partial charge in [-0.1, -0.05) is 90.9 Å². The molecular formula is C20H41N. The van der Waals surface area contributed by atoms with Gasteiger partial charge < -0.3 is 5.32 Å². The summed E-state index contributed by atoms with van der Waals surface area (Å²) in [7, 11) is 0. The van der Waals surface area contributed by atoms with E-state index in [0.29, 0.717) is 0 Å². The topological polar surface area (TPSA) is 12.0 Å². The van der Waals surface area contributed by atoms with E-state index in [1.807, 2.05) is 0 Å². The van der Waals surface area contributed by atoms with Crippen molar-refractivity contribution in [1.82, 2.24) is 5.32 Å². The zero-order valence-electron chi connectivity index (χ0n) is 15.0. The Balaban J connectivity index is 2.02. The smallest absolute Gasteiger partial charge is 0.00179 e. The monoisotopic (exact) mass is 295 g/mol. The lowest BCUT2D eigenvalue weighted by atomic mass is 9.76. The molecule has 2 atom stereocenters. The van der Waals surface area contributed by atoms with Gasteiger partial charge in [-0.2, -0.15) is 0 Å². The Kier molecular flexibility index (Phi) is 12.3. The van der Waals surface area contributed by atoms with Gasteiger partial charge in [-0.25, -0.2) is 0 Å². The lowest BCUT2D eigenvalue weighted by Crippen LogP contribution is -2.31. The van der Waals surface area contributed by atoms with Crippen molar-refractivity contribution in [3.8, 4) is 0 Å². The number of rotatable bonds is 13. The fraction of sp³-hybridized carbons (Fsp3) is 1.00. The first kappa shape index (κ1) is 19.0. The van der Waals surface area contributed by atoms with Gasteiger partial charge in [-0.05, 0) is 37.8 Å². The molecule has 1 aliphatic rings. The number of nitrogens with one attached hydrogen (secondary N) is 1. The van der Waals surface area contributed by atoms with Crippen molar-refractivity contribution in [2.45, 2.75) is 104 Å². The Morgan fingerprint density at radius 2 is 1.33 bits per heavy atom. The lowest BCUT2D eigenvalue weighted by Gasteiger charge is -2.32. The standard InChI is InChI=1S/C20H41N/c1-3-5-6-7-8-9-10-11-14-19-15-12-13-16-20(19)18-21-17-4-2/h19-21H,3-18H2,1-2H3. The third kappa shape index (κ3) is 9.55. The molecule has 0 bridgehead atoms. The van der Waals surface area contributed by atoms with Gasteiger partial charge in [0.15, 0.2) is 0 Å². The van der Waals surface area contributed by atoms with Crippen LogP contribution in [0.1, 0.15) is 104 Å². The van der Waals surface area contributed by atoms with Crippen LogP contribution in [0.2, 0.25) is 0 Å². The van der Waals surface area contributed by atoms with Crippen LogP contribution in [0.3, 0.4) is 0 Å². The van der Waals surface area contributed by atoms with Crippen LogP contribution in [0.25, 0.3) is 0 Å². The predicted octanol–water partition coefficient (Wildman–Crippen LogP) is 6.32. The minimum Gasteiger partial charge on any atom is -0.316 e. The van der Waals surface area contributed by atoms with Gasteiger partial charge in [0.1, 0.15) is 0 Å². The molecule has 2 unspecified atom stereocenters. The first-order chi connectivity index (χ1) is 10.4. The van der Waals surface area contributed by atoms with E-state index in [2.05, 4.69) is 19.2 Å². The molecule has 0 aromatic heterocycles. The second kappa shape index (κ2) is 13.6. The molecule has 0 radical (unpaired) electrons. The highest BCUT2D eigenvalue weighted by atomic mass is 14.9. The van der Waals surface area contributed by atoms with Crippen molar-refractivity contribution in [3.05, 3.63) is 0 Å². The molecule has 1 nitrogen and oxygen atoms in total. The molecule has 21 heavy (non-hydrogen) atoms. The second-order valence-corrected chi connectivity index (χ2v) is 7.27. The zero-order chi connectivity index (χ0) is 15.2. The summed E-state index contributed by atoms with van der Waals surface area (Å²) in [6.07, 6.45) is 20.4. The van der Waals surface area contributed by atoms with Crippen LogP contribution >= 0.6 is 0 Å². The highest BCUT2D eigenvalue weighted by molar-refractivity contribution is 4.77. The van der Waals surface area contributed by atoms with Crippen LogP contribution < -0.4 is 5.32 Å². The van der Waals surface area contributed by atoms with Gasteiger partial charge in [0.25, 0.3) is 0 Å². The fourth-order valence-corrected chi connectivity index (χ4v) is 3.94. The van der Waals surface area contributed by atoms with Crippen molar-refractivity contribution in [3.63, 3.8) is 0 Å². The molecule has 0 saturated heterocycles. The Labute approximate surface area is 134 Å². The Morgan fingerprint density at radius 1 is 0.714 bits per heavy atom. The van der Waals surface area contributed by atoms with Crippen molar-refractivity contribution < 1.29 is 0 Å². The summed E-state index contributed by atoms with van der Waals surface area (Å²) in [4.78, 5) is 0. The Hall–Kier alpha value is -0.0400. The fourth-order valence-electron chi connectivity index (χ4n) is 3.94. The summed E-state index contributed by atoms with van der Waals surface area (Å²) in [6, 6.07) is 0. The molecular weight excluding hydrogens is 254 g/mol. The predicted molar refractivity (Wildman–Crippen MR) is 95.8 cm³/mol. The molecule has 1 rings (SSSR count). The van der Waals surface area contributed by atoms with Gasteiger partial charge in [-0.3, -0.25) is 0 Å². The highest BCUT2D eigenvalue weighted by Crippen LogP contribution is 2.33. The maximum Gasteiger partial charge on any atom is -0.00179 e. The van der Waals surface area contributed by atoms with E-state index < -0.39 is 0 Å². The Bertz CT molecular complexity index is 214. The first-order valence-corrected chi connectivity index (χ1v) is 10.1. The summed E-state index contributed by atoms with van der Waals surface area (Å²) < 4.78 is 0. The maximum atomic E-state index is 3.67. The Morgan fingerprint density at radius 3 is 2.00 bits per heavy atom. The van der Waals surface area contributed by atoms with E-state index in [1.54, 1.807) is 0 Å². The van der Waals surface area contributed by atoms with Crippen LogP contribution in [0.5, 0.6) is 0 Å². The van der Waals surface area contributed by atoms with Crippen LogP contribution in [-0.2, 0) is 0 Å². The maximum absolute atomic E-state index is 3.67. The van der Waals surface area contributed by atoms with Crippen LogP contribution in [0, 0.1) is 11.8 Å². The molecule has 1 N–H and O–H groups in total. The minimum absolute atomic E-state index is 0.981.